The Kier molecular flexibility index (Phi) is 5.43. The van der Waals surface area contributed by atoms with Crippen molar-refractivity contribution in [3.05, 3.63) is 77.1 Å². The van der Waals surface area contributed by atoms with Gasteiger partial charge in [-0.3, -0.25) is 9.59 Å². The summed E-state index contributed by atoms with van der Waals surface area (Å²) in [6, 6.07) is 19.7. The molecule has 0 radical (unpaired) electrons. The van der Waals surface area contributed by atoms with Crippen molar-refractivity contribution < 1.29 is 9.53 Å². The Labute approximate surface area is 151 Å². The summed E-state index contributed by atoms with van der Waals surface area (Å²) in [7, 11) is 0. The van der Waals surface area contributed by atoms with Gasteiger partial charge in [0.2, 0.25) is 5.91 Å². The second-order valence-corrected chi connectivity index (χ2v) is 5.56. The Morgan fingerprint density at radius 1 is 1.04 bits per heavy atom. The second-order valence-electron chi connectivity index (χ2n) is 5.56. The van der Waals surface area contributed by atoms with Crippen LogP contribution >= 0.6 is 0 Å². The van der Waals surface area contributed by atoms with Crippen molar-refractivity contribution >= 4 is 11.6 Å². The van der Waals surface area contributed by atoms with Crippen LogP contribution in [0.2, 0.25) is 0 Å². The third-order valence-electron chi connectivity index (χ3n) is 3.69. The molecular weight excluding hydrogens is 330 g/mol. The maximum Gasteiger partial charge on any atom is 0.267 e. The number of carbonyl (C=O) groups excluding carboxylic acids is 1. The molecule has 1 aromatic heterocycles. The monoisotopic (exact) mass is 349 g/mol. The van der Waals surface area contributed by atoms with Gasteiger partial charge in [-0.25, -0.2) is 4.68 Å². The highest BCUT2D eigenvalue weighted by molar-refractivity contribution is 5.92. The molecule has 6 heteroatoms. The number of rotatable bonds is 6. The maximum atomic E-state index is 12.4. The topological polar surface area (TPSA) is 73.2 Å². The normalized spacial score (nSPS) is 10.3. The molecule has 0 spiro atoms. The standard InChI is InChI=1S/C20H19N3O3/c1-2-26-18-11-7-6-10-17(18)21-19(24)14-23-20(25)13-12-16(22-23)15-8-4-3-5-9-15/h3-13H,2,14H2,1H3,(H,21,24). The highest BCUT2D eigenvalue weighted by Gasteiger charge is 2.10. The third kappa shape index (κ3) is 4.16. The van der Waals surface area contributed by atoms with Gasteiger partial charge < -0.3 is 10.1 Å². The van der Waals surface area contributed by atoms with Crippen LogP contribution in [-0.2, 0) is 11.3 Å². The van der Waals surface area contributed by atoms with Crippen molar-refractivity contribution in [2.45, 2.75) is 13.5 Å². The smallest absolute Gasteiger partial charge is 0.267 e. The summed E-state index contributed by atoms with van der Waals surface area (Å²) in [5.74, 6) is 0.235. The Morgan fingerprint density at radius 2 is 1.77 bits per heavy atom. The number of para-hydroxylation sites is 2. The van der Waals surface area contributed by atoms with E-state index >= 15 is 0 Å². The van der Waals surface area contributed by atoms with E-state index in [0.717, 1.165) is 10.2 Å². The summed E-state index contributed by atoms with van der Waals surface area (Å²) >= 11 is 0. The van der Waals surface area contributed by atoms with Crippen LogP contribution in [0.25, 0.3) is 11.3 Å². The van der Waals surface area contributed by atoms with Gasteiger partial charge in [-0.1, -0.05) is 42.5 Å². The fraction of sp³-hybridized carbons (Fsp3) is 0.150. The summed E-state index contributed by atoms with van der Waals surface area (Å²) < 4.78 is 6.64. The molecule has 0 aliphatic carbocycles. The first kappa shape index (κ1) is 17.4. The molecule has 3 aromatic rings. The molecular formula is C20H19N3O3. The minimum absolute atomic E-state index is 0.181. The molecule has 1 N–H and O–H groups in total. The van der Waals surface area contributed by atoms with Gasteiger partial charge in [0.05, 0.1) is 18.0 Å². The van der Waals surface area contributed by atoms with Gasteiger partial charge >= 0.3 is 0 Å². The lowest BCUT2D eigenvalue weighted by Crippen LogP contribution is -2.29. The fourth-order valence-electron chi connectivity index (χ4n) is 2.50. The number of anilines is 1. The lowest BCUT2D eigenvalue weighted by molar-refractivity contribution is -0.117. The zero-order chi connectivity index (χ0) is 18.4. The second kappa shape index (κ2) is 8.11. The Bertz CT molecular complexity index is 952. The molecule has 0 saturated heterocycles. The number of hydrogen-bond acceptors (Lipinski definition) is 4. The molecule has 3 rings (SSSR count). The Hall–Kier alpha value is -3.41. The summed E-state index contributed by atoms with van der Waals surface area (Å²) in [4.78, 5) is 24.4. The molecule has 0 atom stereocenters. The van der Waals surface area contributed by atoms with Gasteiger partial charge in [0.15, 0.2) is 0 Å². The minimum Gasteiger partial charge on any atom is -0.492 e. The van der Waals surface area contributed by atoms with E-state index in [1.54, 1.807) is 24.3 Å². The molecule has 132 valence electrons. The van der Waals surface area contributed by atoms with Crippen LogP contribution in [0.15, 0.2) is 71.5 Å². The van der Waals surface area contributed by atoms with Crippen LogP contribution in [-0.4, -0.2) is 22.3 Å². The van der Waals surface area contributed by atoms with Crippen molar-refractivity contribution in [3.63, 3.8) is 0 Å². The number of hydrogen-bond donors (Lipinski definition) is 1. The van der Waals surface area contributed by atoms with E-state index in [4.69, 9.17) is 4.74 Å². The van der Waals surface area contributed by atoms with E-state index in [0.29, 0.717) is 23.7 Å². The van der Waals surface area contributed by atoms with Crippen molar-refractivity contribution in [1.82, 2.24) is 9.78 Å². The lowest BCUT2D eigenvalue weighted by atomic mass is 10.1. The summed E-state index contributed by atoms with van der Waals surface area (Å²) in [5.41, 5.74) is 1.74. The summed E-state index contributed by atoms with van der Waals surface area (Å²) in [5, 5.41) is 7.06. The first-order valence-electron chi connectivity index (χ1n) is 8.32. The number of ether oxygens (including phenoxy) is 1. The Morgan fingerprint density at radius 3 is 2.54 bits per heavy atom. The van der Waals surface area contributed by atoms with Crippen molar-refractivity contribution in [2.75, 3.05) is 11.9 Å². The molecule has 0 aliphatic rings. The Balaban J connectivity index is 1.79. The molecule has 0 unspecified atom stereocenters. The molecule has 0 saturated carbocycles. The zero-order valence-electron chi connectivity index (χ0n) is 14.4. The summed E-state index contributed by atoms with van der Waals surface area (Å²) in [6.45, 7) is 2.18. The number of carbonyl (C=O) groups is 1. The van der Waals surface area contributed by atoms with Gasteiger partial charge in [0.25, 0.3) is 5.56 Å². The molecule has 0 aliphatic heterocycles. The van der Waals surface area contributed by atoms with E-state index < -0.39 is 0 Å². The van der Waals surface area contributed by atoms with Gasteiger partial charge in [0.1, 0.15) is 12.3 Å². The molecule has 0 bridgehead atoms. The number of benzene rings is 2. The van der Waals surface area contributed by atoms with E-state index in [-0.39, 0.29) is 18.0 Å². The SMILES string of the molecule is CCOc1ccccc1NC(=O)Cn1nc(-c2ccccc2)ccc1=O. The third-order valence-corrected chi connectivity index (χ3v) is 3.69. The minimum atomic E-state index is -0.350. The van der Waals surface area contributed by atoms with E-state index in [9.17, 15) is 9.59 Å². The van der Waals surface area contributed by atoms with Crippen LogP contribution in [0, 0.1) is 0 Å². The first-order chi connectivity index (χ1) is 12.7. The van der Waals surface area contributed by atoms with Crippen molar-refractivity contribution in [2.24, 2.45) is 0 Å². The van der Waals surface area contributed by atoms with Crippen LogP contribution in [0.5, 0.6) is 5.75 Å². The van der Waals surface area contributed by atoms with Gasteiger partial charge in [-0.15, -0.1) is 0 Å². The molecule has 6 nitrogen and oxygen atoms in total. The van der Waals surface area contributed by atoms with Gasteiger partial charge in [0, 0.05) is 11.6 Å². The van der Waals surface area contributed by atoms with Crippen LogP contribution in [0.1, 0.15) is 6.92 Å². The molecule has 0 fully saturated rings. The lowest BCUT2D eigenvalue weighted by Gasteiger charge is -2.12. The van der Waals surface area contributed by atoms with Crippen molar-refractivity contribution in [3.8, 4) is 17.0 Å². The largest absolute Gasteiger partial charge is 0.492 e. The molecule has 2 aromatic carbocycles. The number of amides is 1. The van der Waals surface area contributed by atoms with Gasteiger partial charge in [-0.05, 0) is 25.1 Å². The average Bonchev–Trinajstić information content (AvgIpc) is 2.66. The summed E-state index contributed by atoms with van der Waals surface area (Å²) in [6.07, 6.45) is 0. The molecule has 26 heavy (non-hydrogen) atoms. The highest BCUT2D eigenvalue weighted by atomic mass is 16.5. The van der Waals surface area contributed by atoms with E-state index in [1.807, 2.05) is 43.3 Å². The zero-order valence-corrected chi connectivity index (χ0v) is 14.4. The van der Waals surface area contributed by atoms with Crippen molar-refractivity contribution in [1.29, 1.82) is 0 Å². The quantitative estimate of drug-likeness (QED) is 0.742. The fourth-order valence-corrected chi connectivity index (χ4v) is 2.50. The highest BCUT2D eigenvalue weighted by Crippen LogP contribution is 2.23. The first-order valence-corrected chi connectivity index (χ1v) is 8.32. The van der Waals surface area contributed by atoms with Gasteiger partial charge in [-0.2, -0.15) is 5.10 Å². The molecule has 1 amide bonds. The van der Waals surface area contributed by atoms with Crippen LogP contribution in [0.4, 0.5) is 5.69 Å². The van der Waals surface area contributed by atoms with E-state index in [2.05, 4.69) is 10.4 Å². The van der Waals surface area contributed by atoms with Crippen LogP contribution < -0.4 is 15.6 Å². The number of nitrogens with zero attached hydrogens (tertiary/aromatic N) is 2. The van der Waals surface area contributed by atoms with E-state index in [1.165, 1.54) is 6.07 Å². The number of nitrogens with one attached hydrogen (secondary N) is 1. The number of aromatic nitrogens is 2. The molecule has 1 heterocycles. The van der Waals surface area contributed by atoms with Crippen LogP contribution in [0.3, 0.4) is 0 Å². The average molecular weight is 349 g/mol. The predicted octanol–water partition coefficient (Wildman–Crippen LogP) is 2.95. The maximum absolute atomic E-state index is 12.4. The predicted molar refractivity (Wildman–Crippen MR) is 100 cm³/mol.